The smallest absolute Gasteiger partial charge is 0.446 e. The zero-order valence-electron chi connectivity index (χ0n) is 25.5. The fourth-order valence-electron chi connectivity index (χ4n) is 3.74. The second kappa shape index (κ2) is 11.2. The van der Waals surface area contributed by atoms with Crippen LogP contribution in [-0.4, -0.2) is 60.2 Å². The third-order valence-electron chi connectivity index (χ3n) is 4.34. The van der Waals surface area contributed by atoms with Crippen molar-refractivity contribution in [3.63, 3.8) is 0 Å². The molecule has 1 rings (SSSR count). The zero-order valence-corrected chi connectivity index (χ0v) is 27.3. The summed E-state index contributed by atoms with van der Waals surface area (Å²) in [6.45, 7) is 32.5. The van der Waals surface area contributed by atoms with Crippen molar-refractivity contribution in [2.24, 2.45) is 0 Å². The van der Waals surface area contributed by atoms with Crippen LogP contribution < -0.4 is 15.6 Å². The number of nitrogens with zero attached hydrogens (tertiary/aromatic N) is 3. The molecule has 2 amide bonds. The normalized spacial score (nSPS) is 22.4. The molecule has 0 atom stereocenters. The third kappa shape index (κ3) is 8.37. The second-order valence-corrected chi connectivity index (χ2v) is 18.6. The predicted octanol–water partition coefficient (Wildman–Crippen LogP) is 6.78. The summed E-state index contributed by atoms with van der Waals surface area (Å²) in [5.74, 6) is 0. The van der Waals surface area contributed by atoms with Crippen molar-refractivity contribution in [1.82, 2.24) is 29.3 Å². The standard InChI is InChI=1S/C24H52N6O4P2/c1-17(2)33-19(31)25-28(20(32)34-18(3)4)36(27-22(8,9)10)29(23(11,12)13)35(26-21(5,6)7)30(36)24(14,15)16/h17-18,26-27H,1-16H3/p+1. The minimum Gasteiger partial charge on any atom is -0.446 e. The molecular weight excluding hydrogens is 498 g/mol. The number of nitrogens with one attached hydrogen (secondary N) is 3. The zero-order chi connectivity index (χ0) is 28.7. The summed E-state index contributed by atoms with van der Waals surface area (Å²) in [6, 6.07) is 0. The van der Waals surface area contributed by atoms with Crippen LogP contribution in [0.3, 0.4) is 0 Å². The monoisotopic (exact) mass is 551 g/mol. The Balaban J connectivity index is 3.98. The van der Waals surface area contributed by atoms with E-state index in [-0.39, 0.29) is 28.8 Å². The number of hydrogen-bond acceptors (Lipinski definition) is 8. The highest BCUT2D eigenvalue weighted by Crippen LogP contribution is 2.90. The Hall–Kier alpha value is -0.760. The van der Waals surface area contributed by atoms with E-state index < -0.39 is 34.0 Å². The van der Waals surface area contributed by atoms with Gasteiger partial charge in [0.05, 0.1) is 23.3 Å². The van der Waals surface area contributed by atoms with E-state index >= 15 is 0 Å². The minimum atomic E-state index is -2.99. The van der Waals surface area contributed by atoms with Gasteiger partial charge >= 0.3 is 20.1 Å². The maximum atomic E-state index is 13.8. The van der Waals surface area contributed by atoms with E-state index in [0.717, 1.165) is 0 Å². The number of hydrogen-bond donors (Lipinski definition) is 3. The van der Waals surface area contributed by atoms with Gasteiger partial charge in [0.1, 0.15) is 0 Å². The first-order valence-electron chi connectivity index (χ1n) is 12.7. The molecule has 1 aliphatic rings. The highest BCUT2D eigenvalue weighted by molar-refractivity contribution is 7.89. The SMILES string of the molecule is CC(C)OC(=O)NN(C(=O)OC(C)C)[P+]1(NC(C)(C)C)N(C(C)(C)C)P(NC(C)(C)C)N1C(C)(C)C. The van der Waals surface area contributed by atoms with E-state index in [4.69, 9.17) is 9.47 Å². The molecule has 1 fully saturated rings. The molecular formula is C24H53N6O4P2+. The maximum Gasteiger partial charge on any atom is 0.466 e. The molecule has 212 valence electrons. The molecule has 10 nitrogen and oxygen atoms in total. The molecule has 0 aromatic heterocycles. The molecule has 0 radical (unpaired) electrons. The fraction of sp³-hybridized carbons (Fsp3) is 0.917. The first-order chi connectivity index (χ1) is 15.8. The highest BCUT2D eigenvalue weighted by Gasteiger charge is 2.81. The molecule has 0 bridgehead atoms. The van der Waals surface area contributed by atoms with Crippen LogP contribution in [0.1, 0.15) is 111 Å². The van der Waals surface area contributed by atoms with E-state index in [9.17, 15) is 9.59 Å². The minimum absolute atomic E-state index is 0.191. The predicted molar refractivity (Wildman–Crippen MR) is 151 cm³/mol. The summed E-state index contributed by atoms with van der Waals surface area (Å²) in [5, 5.41) is 7.62. The van der Waals surface area contributed by atoms with Crippen molar-refractivity contribution >= 4 is 28.4 Å². The Labute approximate surface area is 222 Å². The lowest BCUT2D eigenvalue weighted by molar-refractivity contribution is 0.0640. The largest absolute Gasteiger partial charge is 0.466 e. The molecule has 3 N–H and O–H groups in total. The molecule has 36 heavy (non-hydrogen) atoms. The van der Waals surface area contributed by atoms with Gasteiger partial charge in [0.15, 0.2) is 8.37 Å². The van der Waals surface area contributed by atoms with Crippen LogP contribution in [0.2, 0.25) is 0 Å². The third-order valence-corrected chi connectivity index (χ3v) is 13.7. The summed E-state index contributed by atoms with van der Waals surface area (Å²) >= 11 is 0. The fourth-order valence-corrected chi connectivity index (χ4v) is 13.0. The van der Waals surface area contributed by atoms with Crippen LogP contribution in [0.4, 0.5) is 9.59 Å². The quantitative estimate of drug-likeness (QED) is 0.254. The van der Waals surface area contributed by atoms with Gasteiger partial charge in [-0.05, 0) is 116 Å². The van der Waals surface area contributed by atoms with E-state index in [1.807, 2.05) is 0 Å². The Kier molecular flexibility index (Phi) is 10.3. The van der Waals surface area contributed by atoms with Crippen LogP contribution in [0, 0.1) is 0 Å². The molecule has 0 spiro atoms. The van der Waals surface area contributed by atoms with Crippen LogP contribution >= 0.6 is 16.2 Å². The Bertz CT molecular complexity index is 759. The highest BCUT2D eigenvalue weighted by atomic mass is 31.3. The van der Waals surface area contributed by atoms with Crippen molar-refractivity contribution in [1.29, 1.82) is 0 Å². The van der Waals surface area contributed by atoms with Gasteiger partial charge in [0.2, 0.25) is 0 Å². The average molecular weight is 552 g/mol. The van der Waals surface area contributed by atoms with Crippen LogP contribution in [0.15, 0.2) is 0 Å². The Morgan fingerprint density at radius 3 is 1.47 bits per heavy atom. The van der Waals surface area contributed by atoms with Crippen molar-refractivity contribution in [3.05, 3.63) is 0 Å². The lowest BCUT2D eigenvalue weighted by atomic mass is 10.1. The van der Waals surface area contributed by atoms with Gasteiger partial charge in [-0.2, -0.15) is 5.43 Å². The molecule has 0 saturated carbocycles. The van der Waals surface area contributed by atoms with Crippen molar-refractivity contribution < 1.29 is 19.1 Å². The van der Waals surface area contributed by atoms with Gasteiger partial charge in [-0.25, -0.2) is 9.59 Å². The van der Waals surface area contributed by atoms with E-state index in [2.05, 4.69) is 108 Å². The summed E-state index contributed by atoms with van der Waals surface area (Å²) in [6.07, 6.45) is -2.07. The lowest BCUT2D eigenvalue weighted by Gasteiger charge is -2.65. The molecule has 0 aromatic rings. The van der Waals surface area contributed by atoms with Crippen molar-refractivity contribution in [3.8, 4) is 0 Å². The number of ether oxygens (including phenoxy) is 2. The summed E-state index contributed by atoms with van der Waals surface area (Å²) in [4.78, 5) is 26.8. The van der Waals surface area contributed by atoms with Gasteiger partial charge in [-0.1, -0.05) is 8.88 Å². The van der Waals surface area contributed by atoms with Gasteiger partial charge in [0, 0.05) is 11.1 Å². The van der Waals surface area contributed by atoms with Gasteiger partial charge in [0.25, 0.3) is 0 Å². The van der Waals surface area contributed by atoms with Gasteiger partial charge in [-0.15, -0.1) is 5.09 Å². The number of hydrazine groups is 1. The number of carbonyl (C=O) groups is 2. The first-order valence-corrected chi connectivity index (χ1v) is 15.6. The van der Waals surface area contributed by atoms with Crippen LogP contribution in [0.5, 0.6) is 0 Å². The lowest BCUT2D eigenvalue weighted by Crippen LogP contribution is -2.72. The first kappa shape index (κ1) is 33.3. The number of carbonyl (C=O) groups excluding carboxylic acids is 2. The molecule has 1 saturated heterocycles. The van der Waals surface area contributed by atoms with E-state index in [0.29, 0.717) is 0 Å². The topological polar surface area (TPSA) is 98.4 Å². The van der Waals surface area contributed by atoms with Crippen LogP contribution in [-0.2, 0) is 9.47 Å². The summed E-state index contributed by atoms with van der Waals surface area (Å²) in [5.41, 5.74) is 1.43. The average Bonchev–Trinajstić information content (AvgIpc) is 2.51. The Morgan fingerprint density at radius 2 is 1.17 bits per heavy atom. The Morgan fingerprint density at radius 1 is 0.750 bits per heavy atom. The van der Waals surface area contributed by atoms with Crippen molar-refractivity contribution in [2.45, 2.75) is 145 Å². The number of rotatable bonds is 5. The summed E-state index contributed by atoms with van der Waals surface area (Å²) in [7, 11) is -4.07. The van der Waals surface area contributed by atoms with Gasteiger partial charge in [-0.3, -0.25) is 5.09 Å². The van der Waals surface area contributed by atoms with Crippen molar-refractivity contribution in [2.75, 3.05) is 0 Å². The van der Waals surface area contributed by atoms with E-state index in [1.54, 1.807) is 27.7 Å². The molecule has 0 aromatic carbocycles. The van der Waals surface area contributed by atoms with Crippen LogP contribution in [0.25, 0.3) is 0 Å². The molecule has 1 aliphatic heterocycles. The molecule has 0 unspecified atom stereocenters. The second-order valence-electron chi connectivity index (χ2n) is 13.8. The molecule has 1 heterocycles. The van der Waals surface area contributed by atoms with Gasteiger partial charge < -0.3 is 9.47 Å². The molecule has 0 aliphatic carbocycles. The maximum absolute atomic E-state index is 13.8. The number of amides is 2. The molecule has 12 heteroatoms. The van der Waals surface area contributed by atoms with E-state index in [1.165, 1.54) is 4.78 Å². The summed E-state index contributed by atoms with van der Waals surface area (Å²) < 4.78 is 17.2.